The summed E-state index contributed by atoms with van der Waals surface area (Å²) in [6, 6.07) is 19.5. The van der Waals surface area contributed by atoms with Crippen molar-refractivity contribution in [2.45, 2.75) is 0 Å². The zero-order valence-electron chi connectivity index (χ0n) is 13.9. The van der Waals surface area contributed by atoms with E-state index in [1.165, 1.54) is 24.3 Å². The van der Waals surface area contributed by atoms with Crippen molar-refractivity contribution in [3.05, 3.63) is 88.9 Å². The Balaban J connectivity index is 1.92. The minimum atomic E-state index is -0.336. The van der Waals surface area contributed by atoms with Gasteiger partial charge >= 0.3 is 0 Å². The van der Waals surface area contributed by atoms with Gasteiger partial charge in [-0.15, -0.1) is 0 Å². The van der Waals surface area contributed by atoms with Gasteiger partial charge in [-0.1, -0.05) is 34.1 Å². The Kier molecular flexibility index (Phi) is 4.73. The summed E-state index contributed by atoms with van der Waals surface area (Å²) in [6.07, 6.45) is 0. The van der Waals surface area contributed by atoms with Crippen LogP contribution in [0.2, 0.25) is 0 Å². The van der Waals surface area contributed by atoms with Crippen molar-refractivity contribution in [2.24, 2.45) is 0 Å². The van der Waals surface area contributed by atoms with Gasteiger partial charge in [0.15, 0.2) is 17.5 Å². The first-order valence-electron chi connectivity index (χ1n) is 8.13. The first-order chi connectivity index (χ1) is 13.1. The topological polar surface area (TPSA) is 38.7 Å². The van der Waals surface area contributed by atoms with Crippen LogP contribution in [-0.2, 0) is 0 Å². The monoisotopic (exact) mass is 423 g/mol. The van der Waals surface area contributed by atoms with E-state index in [9.17, 15) is 8.78 Å². The van der Waals surface area contributed by atoms with Gasteiger partial charge in [-0.25, -0.2) is 23.7 Å². The predicted molar refractivity (Wildman–Crippen MR) is 104 cm³/mol. The van der Waals surface area contributed by atoms with Gasteiger partial charge in [0.25, 0.3) is 0 Å². The Morgan fingerprint density at radius 1 is 0.556 bits per heavy atom. The fourth-order valence-corrected chi connectivity index (χ4v) is 3.06. The molecule has 0 aliphatic rings. The smallest absolute Gasteiger partial charge is 0.165 e. The van der Waals surface area contributed by atoms with Crippen LogP contribution in [0, 0.1) is 11.6 Å². The summed E-state index contributed by atoms with van der Waals surface area (Å²) in [4.78, 5) is 13.6. The summed E-state index contributed by atoms with van der Waals surface area (Å²) < 4.78 is 27.4. The molecule has 0 spiro atoms. The number of benzene rings is 3. The second-order valence-corrected chi connectivity index (χ2v) is 6.65. The van der Waals surface area contributed by atoms with Crippen LogP contribution in [0.3, 0.4) is 0 Å². The van der Waals surface area contributed by atoms with E-state index in [4.69, 9.17) is 0 Å². The van der Waals surface area contributed by atoms with Crippen molar-refractivity contribution < 1.29 is 8.78 Å². The van der Waals surface area contributed by atoms with Crippen LogP contribution in [0.5, 0.6) is 0 Å². The van der Waals surface area contributed by atoms with Crippen LogP contribution >= 0.6 is 15.9 Å². The molecule has 0 amide bonds. The van der Waals surface area contributed by atoms with E-state index in [0.717, 1.165) is 10.0 Å². The molecule has 4 aromatic rings. The zero-order chi connectivity index (χ0) is 18.8. The van der Waals surface area contributed by atoms with Crippen LogP contribution in [0.4, 0.5) is 8.78 Å². The van der Waals surface area contributed by atoms with Crippen LogP contribution < -0.4 is 0 Å². The maximum absolute atomic E-state index is 13.3. The van der Waals surface area contributed by atoms with Gasteiger partial charge < -0.3 is 0 Å². The minimum Gasteiger partial charge on any atom is -0.208 e. The fraction of sp³-hybridized carbons (Fsp3) is 0. The summed E-state index contributed by atoms with van der Waals surface area (Å²) in [5, 5.41) is 0. The molecule has 4 rings (SSSR count). The third kappa shape index (κ3) is 3.75. The molecule has 0 unspecified atom stereocenters. The van der Waals surface area contributed by atoms with Crippen molar-refractivity contribution >= 4 is 15.9 Å². The first-order valence-corrected chi connectivity index (χ1v) is 8.92. The van der Waals surface area contributed by atoms with Gasteiger partial charge in [0.2, 0.25) is 0 Å². The quantitative estimate of drug-likeness (QED) is 0.410. The summed E-state index contributed by atoms with van der Waals surface area (Å²) in [6.45, 7) is 0. The molecule has 0 N–H and O–H groups in total. The molecule has 0 fully saturated rings. The van der Waals surface area contributed by atoms with Crippen LogP contribution in [0.25, 0.3) is 34.2 Å². The van der Waals surface area contributed by atoms with E-state index < -0.39 is 0 Å². The van der Waals surface area contributed by atoms with E-state index in [0.29, 0.717) is 28.6 Å². The third-order valence-corrected chi connectivity index (χ3v) is 4.65. The molecule has 3 aromatic carbocycles. The van der Waals surface area contributed by atoms with E-state index in [1.54, 1.807) is 24.3 Å². The minimum absolute atomic E-state index is 0.336. The lowest BCUT2D eigenvalue weighted by Gasteiger charge is -2.09. The Morgan fingerprint density at radius 3 is 1.48 bits per heavy atom. The summed E-state index contributed by atoms with van der Waals surface area (Å²) in [5.74, 6) is 0.622. The molecule has 0 saturated heterocycles. The standard InChI is InChI=1S/C21H12BrF2N3/c22-18-4-2-1-3-17(18)21-26-19(13-5-9-15(23)10-6-13)25-20(27-21)14-7-11-16(24)12-8-14/h1-12H. The summed E-state index contributed by atoms with van der Waals surface area (Å²) in [5.41, 5.74) is 2.12. The van der Waals surface area contributed by atoms with Gasteiger partial charge in [0.05, 0.1) is 0 Å². The number of hydrogen-bond acceptors (Lipinski definition) is 3. The Hall–Kier alpha value is -2.99. The lowest BCUT2D eigenvalue weighted by atomic mass is 10.1. The molecule has 0 atom stereocenters. The molecule has 0 aliphatic carbocycles. The summed E-state index contributed by atoms with van der Waals surface area (Å²) in [7, 11) is 0. The number of hydrogen-bond donors (Lipinski definition) is 0. The Labute approximate surface area is 162 Å². The highest BCUT2D eigenvalue weighted by Gasteiger charge is 2.14. The van der Waals surface area contributed by atoms with E-state index in [2.05, 4.69) is 30.9 Å². The highest BCUT2D eigenvalue weighted by Crippen LogP contribution is 2.29. The highest BCUT2D eigenvalue weighted by atomic mass is 79.9. The maximum Gasteiger partial charge on any atom is 0.165 e. The lowest BCUT2D eigenvalue weighted by Crippen LogP contribution is -2.00. The zero-order valence-corrected chi connectivity index (χ0v) is 15.5. The van der Waals surface area contributed by atoms with Crippen molar-refractivity contribution in [1.29, 1.82) is 0 Å². The van der Waals surface area contributed by atoms with E-state index in [1.807, 2.05) is 24.3 Å². The number of nitrogens with zero attached hydrogens (tertiary/aromatic N) is 3. The maximum atomic E-state index is 13.3. The van der Waals surface area contributed by atoms with Crippen molar-refractivity contribution in [1.82, 2.24) is 15.0 Å². The van der Waals surface area contributed by atoms with Gasteiger partial charge in [0.1, 0.15) is 11.6 Å². The molecule has 0 radical (unpaired) electrons. The van der Waals surface area contributed by atoms with Crippen molar-refractivity contribution in [3.8, 4) is 34.2 Å². The first kappa shape index (κ1) is 17.4. The van der Waals surface area contributed by atoms with Gasteiger partial charge in [-0.2, -0.15) is 0 Å². The van der Waals surface area contributed by atoms with Crippen LogP contribution in [-0.4, -0.2) is 15.0 Å². The molecule has 0 aliphatic heterocycles. The lowest BCUT2D eigenvalue weighted by molar-refractivity contribution is 0.627. The highest BCUT2D eigenvalue weighted by molar-refractivity contribution is 9.10. The molecule has 0 saturated carbocycles. The molecule has 27 heavy (non-hydrogen) atoms. The Morgan fingerprint density at radius 2 is 1.00 bits per heavy atom. The molecule has 6 heteroatoms. The molecular formula is C21H12BrF2N3. The molecule has 1 heterocycles. The van der Waals surface area contributed by atoms with Gasteiger partial charge in [0, 0.05) is 21.2 Å². The second kappa shape index (κ2) is 7.32. The van der Waals surface area contributed by atoms with E-state index >= 15 is 0 Å². The normalized spacial score (nSPS) is 10.8. The molecule has 0 bridgehead atoms. The average molecular weight is 424 g/mol. The SMILES string of the molecule is Fc1ccc(-c2nc(-c3ccc(F)cc3)nc(-c3ccccc3Br)n2)cc1. The van der Waals surface area contributed by atoms with Crippen molar-refractivity contribution in [3.63, 3.8) is 0 Å². The average Bonchev–Trinajstić information content (AvgIpc) is 2.69. The number of rotatable bonds is 3. The number of halogens is 3. The molecule has 3 nitrogen and oxygen atoms in total. The molecular weight excluding hydrogens is 412 g/mol. The summed E-state index contributed by atoms with van der Waals surface area (Å²) >= 11 is 3.51. The van der Waals surface area contributed by atoms with E-state index in [-0.39, 0.29) is 11.6 Å². The van der Waals surface area contributed by atoms with Crippen molar-refractivity contribution in [2.75, 3.05) is 0 Å². The van der Waals surface area contributed by atoms with Gasteiger partial charge in [-0.05, 0) is 54.6 Å². The second-order valence-electron chi connectivity index (χ2n) is 5.80. The fourth-order valence-electron chi connectivity index (χ4n) is 2.60. The Bertz CT molecular complexity index is 1030. The van der Waals surface area contributed by atoms with Crippen LogP contribution in [0.1, 0.15) is 0 Å². The predicted octanol–water partition coefficient (Wildman–Crippen LogP) is 5.91. The molecule has 1 aromatic heterocycles. The third-order valence-electron chi connectivity index (χ3n) is 3.96. The van der Waals surface area contributed by atoms with Crippen LogP contribution in [0.15, 0.2) is 77.3 Å². The largest absolute Gasteiger partial charge is 0.208 e. The number of aromatic nitrogens is 3. The molecule has 132 valence electrons. The van der Waals surface area contributed by atoms with Gasteiger partial charge in [-0.3, -0.25) is 0 Å².